The standard InChI is InChI=1S/C6H7NO.C4H7NO.Y/c1-7-5-3-2-4-6(7)8;1-4(6)5(2)3;/h2-5H,1H3;1-2H2,3H3;/q;-2;. The summed E-state index contributed by atoms with van der Waals surface area (Å²) >= 11 is 0. The number of carbonyl (C=O) groups excluding carboxylic acids is 1. The molecule has 1 amide bonds. The minimum atomic E-state index is -0.269. The Balaban J connectivity index is 0. The van der Waals surface area contributed by atoms with Crippen molar-refractivity contribution in [3.8, 4) is 0 Å². The first-order valence-electron chi connectivity index (χ1n) is 3.97. The van der Waals surface area contributed by atoms with Gasteiger partial charge in [0.15, 0.2) is 0 Å². The van der Waals surface area contributed by atoms with Crippen molar-refractivity contribution in [2.45, 2.75) is 0 Å². The van der Waals surface area contributed by atoms with Crippen LogP contribution in [0.3, 0.4) is 0 Å². The molecular formula is C10H14N2O2Y-2. The molecule has 0 saturated heterocycles. The Bertz CT molecular complexity index is 347. The number of aryl methyl sites for hydroxylation is 1. The molecule has 0 N–H and O–H groups in total. The van der Waals surface area contributed by atoms with Crippen LogP contribution in [-0.4, -0.2) is 22.4 Å². The van der Waals surface area contributed by atoms with E-state index in [1.807, 2.05) is 6.07 Å². The molecule has 0 bridgehead atoms. The van der Waals surface area contributed by atoms with Crippen molar-refractivity contribution < 1.29 is 37.5 Å². The van der Waals surface area contributed by atoms with E-state index in [9.17, 15) is 9.59 Å². The smallest absolute Gasteiger partial charge is 0.250 e. The maximum Gasteiger partial charge on any atom is 0.250 e. The van der Waals surface area contributed by atoms with Crippen LogP contribution in [0.5, 0.6) is 0 Å². The molecule has 5 heteroatoms. The van der Waals surface area contributed by atoms with Gasteiger partial charge in [-0.25, -0.2) is 0 Å². The van der Waals surface area contributed by atoms with Crippen molar-refractivity contribution in [3.63, 3.8) is 0 Å². The van der Waals surface area contributed by atoms with Gasteiger partial charge in [-0.3, -0.25) is 11.8 Å². The maximum atomic E-state index is 10.6. The van der Waals surface area contributed by atoms with Crippen LogP contribution in [0.4, 0.5) is 0 Å². The molecule has 0 aliphatic rings. The van der Waals surface area contributed by atoms with Crippen molar-refractivity contribution in [2.24, 2.45) is 7.05 Å². The number of hydrogen-bond acceptors (Lipinski definition) is 2. The second-order valence-corrected chi connectivity index (χ2v) is 2.74. The zero-order valence-corrected chi connectivity index (χ0v) is 11.9. The van der Waals surface area contributed by atoms with Crippen LogP contribution in [-0.2, 0) is 44.6 Å². The fourth-order valence-corrected chi connectivity index (χ4v) is 0.508. The monoisotopic (exact) mass is 283 g/mol. The summed E-state index contributed by atoms with van der Waals surface area (Å²) in [4.78, 5) is 21.6. The van der Waals surface area contributed by atoms with Crippen molar-refractivity contribution in [1.82, 2.24) is 9.47 Å². The Kier molecular flexibility index (Phi) is 9.73. The Morgan fingerprint density at radius 3 is 2.13 bits per heavy atom. The third-order valence-electron chi connectivity index (χ3n) is 1.43. The van der Waals surface area contributed by atoms with Gasteiger partial charge in [0, 0.05) is 52.0 Å². The van der Waals surface area contributed by atoms with Crippen LogP contribution in [0, 0.1) is 14.0 Å². The molecule has 0 saturated carbocycles. The van der Waals surface area contributed by atoms with Gasteiger partial charge in [-0.05, 0) is 13.1 Å². The second kappa shape index (κ2) is 8.68. The van der Waals surface area contributed by atoms with Crippen LogP contribution in [0.15, 0.2) is 29.2 Å². The van der Waals surface area contributed by atoms with Crippen molar-refractivity contribution in [1.29, 1.82) is 0 Å². The number of pyridine rings is 1. The second-order valence-electron chi connectivity index (χ2n) is 2.74. The molecule has 0 aromatic carbocycles. The maximum absolute atomic E-state index is 10.6. The number of rotatable bonds is 0. The van der Waals surface area contributed by atoms with Crippen molar-refractivity contribution in [2.75, 3.05) is 7.05 Å². The molecule has 15 heavy (non-hydrogen) atoms. The summed E-state index contributed by atoms with van der Waals surface area (Å²) in [6.45, 7) is 3.06. The Morgan fingerprint density at radius 1 is 1.47 bits per heavy atom. The predicted molar refractivity (Wildman–Crippen MR) is 55.2 cm³/mol. The van der Waals surface area contributed by atoms with E-state index in [1.54, 1.807) is 26.4 Å². The summed E-state index contributed by atoms with van der Waals surface area (Å²) in [7, 11) is 6.53. The van der Waals surface area contributed by atoms with E-state index in [2.05, 4.69) is 14.0 Å². The largest absolute Gasteiger partial charge is 0.524 e. The quantitative estimate of drug-likeness (QED) is 0.649. The average Bonchev–Trinajstić information content (AvgIpc) is 2.11. The SMILES string of the molecule is Cn1ccccc1=O.[CH2-]C(=O)N([CH2-])C.[Y]. The van der Waals surface area contributed by atoms with E-state index in [-0.39, 0.29) is 44.2 Å². The number of nitrogens with zero attached hydrogens (tertiary/aromatic N) is 2. The summed E-state index contributed by atoms with van der Waals surface area (Å²) < 4.78 is 1.53. The summed E-state index contributed by atoms with van der Waals surface area (Å²) in [5, 5.41) is 0. The van der Waals surface area contributed by atoms with Gasteiger partial charge in [-0.15, -0.1) is 0 Å². The van der Waals surface area contributed by atoms with Crippen molar-refractivity contribution in [3.05, 3.63) is 48.7 Å². The minimum absolute atomic E-state index is 0. The Labute approximate surface area is 115 Å². The molecule has 1 rings (SSSR count). The van der Waals surface area contributed by atoms with Gasteiger partial charge in [-0.2, -0.15) is 0 Å². The first kappa shape index (κ1) is 16.8. The molecule has 0 aliphatic heterocycles. The van der Waals surface area contributed by atoms with Crippen LogP contribution in [0.1, 0.15) is 0 Å². The van der Waals surface area contributed by atoms with Gasteiger partial charge in [0.25, 0.3) is 0 Å². The van der Waals surface area contributed by atoms with E-state index in [1.165, 1.54) is 15.5 Å². The molecule has 1 radical (unpaired) electrons. The molecule has 0 atom stereocenters. The molecular weight excluding hydrogens is 269 g/mol. The zero-order valence-electron chi connectivity index (χ0n) is 9.01. The van der Waals surface area contributed by atoms with E-state index >= 15 is 0 Å². The van der Waals surface area contributed by atoms with Gasteiger partial charge < -0.3 is 21.2 Å². The summed E-state index contributed by atoms with van der Waals surface area (Å²) in [6, 6.07) is 5.07. The van der Waals surface area contributed by atoms with Gasteiger partial charge in [0.2, 0.25) is 5.56 Å². The molecule has 0 spiro atoms. The van der Waals surface area contributed by atoms with E-state index in [0.29, 0.717) is 0 Å². The molecule has 1 aromatic heterocycles. The number of aromatic nitrogens is 1. The van der Waals surface area contributed by atoms with Crippen LogP contribution in [0.25, 0.3) is 0 Å². The van der Waals surface area contributed by atoms with E-state index < -0.39 is 0 Å². The number of hydrogen-bond donors (Lipinski definition) is 0. The normalized spacial score (nSPS) is 7.93. The van der Waals surface area contributed by atoms with Gasteiger partial charge >= 0.3 is 0 Å². The minimum Gasteiger partial charge on any atom is -0.524 e. The number of amides is 1. The summed E-state index contributed by atoms with van der Waals surface area (Å²) in [5.74, 6) is -0.269. The Hall–Kier alpha value is -0.606. The topological polar surface area (TPSA) is 42.3 Å². The van der Waals surface area contributed by atoms with E-state index in [4.69, 9.17) is 0 Å². The van der Waals surface area contributed by atoms with Crippen LogP contribution in [0.2, 0.25) is 0 Å². The van der Waals surface area contributed by atoms with Crippen LogP contribution >= 0.6 is 0 Å². The van der Waals surface area contributed by atoms with Crippen LogP contribution < -0.4 is 5.56 Å². The van der Waals surface area contributed by atoms with Crippen molar-refractivity contribution >= 4 is 5.91 Å². The molecule has 1 aromatic rings. The molecule has 81 valence electrons. The molecule has 1 heterocycles. The Morgan fingerprint density at radius 2 is 1.93 bits per heavy atom. The summed E-state index contributed by atoms with van der Waals surface area (Å²) in [6.07, 6.45) is 1.72. The summed E-state index contributed by atoms with van der Waals surface area (Å²) in [5.41, 5.74) is 0.0347. The first-order chi connectivity index (χ1) is 6.45. The fourth-order valence-electron chi connectivity index (χ4n) is 0.508. The van der Waals surface area contributed by atoms with Gasteiger partial charge in [0.05, 0.1) is 5.91 Å². The predicted octanol–water partition coefficient (Wildman–Crippen LogP) is 0.453. The zero-order chi connectivity index (χ0) is 11.1. The molecule has 4 nitrogen and oxygen atoms in total. The number of carbonyl (C=O) groups is 1. The first-order valence-corrected chi connectivity index (χ1v) is 3.97. The average molecular weight is 283 g/mol. The molecule has 0 aliphatic carbocycles. The fraction of sp³-hybridized carbons (Fsp3) is 0.200. The van der Waals surface area contributed by atoms with Gasteiger partial charge in [0.1, 0.15) is 0 Å². The van der Waals surface area contributed by atoms with E-state index in [0.717, 1.165) is 0 Å². The third kappa shape index (κ3) is 8.39. The molecule has 0 unspecified atom stereocenters. The third-order valence-corrected chi connectivity index (χ3v) is 1.43. The van der Waals surface area contributed by atoms with Gasteiger partial charge in [-0.1, -0.05) is 6.07 Å². The molecule has 0 fully saturated rings.